The highest BCUT2D eigenvalue weighted by atomic mass is 32.2. The number of sulfone groups is 1. The van der Waals surface area contributed by atoms with Gasteiger partial charge in [-0.2, -0.15) is 0 Å². The summed E-state index contributed by atoms with van der Waals surface area (Å²) in [6.07, 6.45) is 1.37. The van der Waals surface area contributed by atoms with Gasteiger partial charge < -0.3 is 4.52 Å². The van der Waals surface area contributed by atoms with Gasteiger partial charge in [-0.3, -0.25) is 0 Å². The second-order valence-corrected chi connectivity index (χ2v) is 5.40. The van der Waals surface area contributed by atoms with Crippen molar-refractivity contribution in [3.05, 3.63) is 18.0 Å². The Kier molecular flexibility index (Phi) is 2.52. The quantitative estimate of drug-likeness (QED) is 0.711. The molecule has 5 heteroatoms. The summed E-state index contributed by atoms with van der Waals surface area (Å²) in [6, 6.07) is 1.56. The Morgan fingerprint density at radius 1 is 1.58 bits per heavy atom. The van der Waals surface area contributed by atoms with Crippen molar-refractivity contribution >= 4 is 9.84 Å². The van der Waals surface area contributed by atoms with E-state index in [1.165, 1.54) is 6.26 Å². The van der Waals surface area contributed by atoms with E-state index in [0.29, 0.717) is 5.69 Å². The maximum absolute atomic E-state index is 11.3. The van der Waals surface area contributed by atoms with Gasteiger partial charge in [-0.1, -0.05) is 5.16 Å². The second kappa shape index (κ2) is 3.26. The zero-order chi connectivity index (χ0) is 9.19. The van der Waals surface area contributed by atoms with Gasteiger partial charge in [-0.05, 0) is 13.8 Å². The van der Waals surface area contributed by atoms with Crippen LogP contribution in [0, 0.1) is 0 Å². The first-order chi connectivity index (χ1) is 5.52. The van der Waals surface area contributed by atoms with Crippen molar-refractivity contribution < 1.29 is 12.9 Å². The molecule has 0 saturated heterocycles. The largest absolute Gasteiger partial charge is 0.364 e. The van der Waals surface area contributed by atoms with E-state index in [0.717, 1.165) is 0 Å². The van der Waals surface area contributed by atoms with Crippen LogP contribution in [0.3, 0.4) is 0 Å². The third-order valence-electron chi connectivity index (χ3n) is 1.56. The second-order valence-electron chi connectivity index (χ2n) is 2.85. The van der Waals surface area contributed by atoms with E-state index in [1.54, 1.807) is 19.9 Å². The molecule has 12 heavy (non-hydrogen) atoms. The van der Waals surface area contributed by atoms with E-state index in [4.69, 9.17) is 0 Å². The van der Waals surface area contributed by atoms with Gasteiger partial charge in [0.25, 0.3) is 0 Å². The van der Waals surface area contributed by atoms with Gasteiger partial charge in [0, 0.05) is 6.07 Å². The van der Waals surface area contributed by atoms with E-state index in [9.17, 15) is 8.42 Å². The molecule has 0 aliphatic heterocycles. The molecule has 0 spiro atoms. The molecule has 0 aliphatic carbocycles. The lowest BCUT2D eigenvalue weighted by molar-refractivity contribution is 0.413. The number of rotatable bonds is 3. The summed E-state index contributed by atoms with van der Waals surface area (Å²) in [7, 11) is -3.04. The number of nitrogens with zero attached hydrogens (tertiary/aromatic N) is 1. The highest BCUT2D eigenvalue weighted by molar-refractivity contribution is 7.91. The fourth-order valence-electron chi connectivity index (χ4n) is 0.685. The van der Waals surface area contributed by atoms with Crippen molar-refractivity contribution in [3.63, 3.8) is 0 Å². The predicted molar refractivity (Wildman–Crippen MR) is 44.3 cm³/mol. The number of hydrogen-bond acceptors (Lipinski definition) is 4. The molecule has 1 heterocycles. The summed E-state index contributed by atoms with van der Waals surface area (Å²) in [5, 5.41) is 3.16. The molecule has 0 N–H and O–H groups in total. The van der Waals surface area contributed by atoms with Crippen LogP contribution in [0.15, 0.2) is 16.9 Å². The van der Waals surface area contributed by atoms with E-state index >= 15 is 0 Å². The van der Waals surface area contributed by atoms with Crippen molar-refractivity contribution in [1.82, 2.24) is 5.16 Å². The Balaban J connectivity index is 2.77. The van der Waals surface area contributed by atoms with Crippen LogP contribution in [0.4, 0.5) is 0 Å². The standard InChI is InChI=1S/C7H11NO3S/c1-6(2)12(9,10)5-7-3-4-11-8-7/h3-4,6H,5H2,1-2H3. The van der Waals surface area contributed by atoms with E-state index in [1.807, 2.05) is 0 Å². The van der Waals surface area contributed by atoms with E-state index in [-0.39, 0.29) is 11.0 Å². The average Bonchev–Trinajstić information content (AvgIpc) is 2.38. The Bertz CT molecular complexity index is 326. The Morgan fingerprint density at radius 3 is 2.67 bits per heavy atom. The van der Waals surface area contributed by atoms with Crippen LogP contribution >= 0.6 is 0 Å². The van der Waals surface area contributed by atoms with Crippen LogP contribution in [0.5, 0.6) is 0 Å². The van der Waals surface area contributed by atoms with Gasteiger partial charge in [-0.15, -0.1) is 0 Å². The molecule has 0 unspecified atom stereocenters. The fourth-order valence-corrected chi connectivity index (χ4v) is 1.58. The molecule has 68 valence electrons. The van der Waals surface area contributed by atoms with Crippen molar-refractivity contribution in [2.75, 3.05) is 0 Å². The van der Waals surface area contributed by atoms with Crippen molar-refractivity contribution in [1.29, 1.82) is 0 Å². The average molecular weight is 189 g/mol. The van der Waals surface area contributed by atoms with Gasteiger partial charge in [-0.25, -0.2) is 8.42 Å². The molecule has 0 fully saturated rings. The molecule has 0 aliphatic rings. The normalized spacial score (nSPS) is 12.2. The first kappa shape index (κ1) is 9.25. The van der Waals surface area contributed by atoms with Gasteiger partial charge in [0.1, 0.15) is 6.26 Å². The number of hydrogen-bond donors (Lipinski definition) is 0. The number of aromatic nitrogens is 1. The summed E-state index contributed by atoms with van der Waals surface area (Å²) in [5.41, 5.74) is 0.462. The molecule has 0 amide bonds. The van der Waals surface area contributed by atoms with Crippen LogP contribution in [0.1, 0.15) is 19.5 Å². The van der Waals surface area contributed by atoms with Crippen LogP contribution in [0.25, 0.3) is 0 Å². The van der Waals surface area contributed by atoms with Crippen molar-refractivity contribution in [3.8, 4) is 0 Å². The minimum Gasteiger partial charge on any atom is -0.364 e. The minimum absolute atomic E-state index is 0.0405. The van der Waals surface area contributed by atoms with Gasteiger partial charge in [0.15, 0.2) is 9.84 Å². The molecule has 0 bridgehead atoms. The molecular formula is C7H11NO3S. The minimum atomic E-state index is -3.04. The SMILES string of the molecule is CC(C)S(=O)(=O)Cc1ccon1. The maximum Gasteiger partial charge on any atom is 0.158 e. The smallest absolute Gasteiger partial charge is 0.158 e. The molecule has 4 nitrogen and oxygen atoms in total. The van der Waals surface area contributed by atoms with Crippen LogP contribution in [-0.4, -0.2) is 18.8 Å². The van der Waals surface area contributed by atoms with Crippen LogP contribution in [-0.2, 0) is 15.6 Å². The molecular weight excluding hydrogens is 178 g/mol. The molecule has 1 aromatic heterocycles. The van der Waals surface area contributed by atoms with Crippen LogP contribution in [0.2, 0.25) is 0 Å². The Labute approximate surface area is 71.5 Å². The van der Waals surface area contributed by atoms with Gasteiger partial charge in [0.2, 0.25) is 0 Å². The first-order valence-corrected chi connectivity index (χ1v) is 5.35. The van der Waals surface area contributed by atoms with Crippen molar-refractivity contribution in [2.45, 2.75) is 24.9 Å². The van der Waals surface area contributed by atoms with E-state index < -0.39 is 9.84 Å². The predicted octanol–water partition coefficient (Wildman–Crippen LogP) is 0.998. The molecule has 0 atom stereocenters. The summed E-state index contributed by atoms with van der Waals surface area (Å²) in [6.45, 7) is 3.30. The summed E-state index contributed by atoms with van der Waals surface area (Å²) in [5.74, 6) is -0.0405. The van der Waals surface area contributed by atoms with Gasteiger partial charge in [0.05, 0.1) is 16.7 Å². The Morgan fingerprint density at radius 2 is 2.25 bits per heavy atom. The van der Waals surface area contributed by atoms with Crippen molar-refractivity contribution in [2.24, 2.45) is 0 Å². The zero-order valence-electron chi connectivity index (χ0n) is 7.02. The third-order valence-corrected chi connectivity index (χ3v) is 3.69. The topological polar surface area (TPSA) is 60.2 Å². The first-order valence-electron chi connectivity index (χ1n) is 3.63. The van der Waals surface area contributed by atoms with E-state index in [2.05, 4.69) is 9.68 Å². The maximum atomic E-state index is 11.3. The third kappa shape index (κ3) is 2.07. The molecule has 1 rings (SSSR count). The monoisotopic (exact) mass is 189 g/mol. The molecule has 1 aromatic rings. The lowest BCUT2D eigenvalue weighted by Crippen LogP contribution is -2.16. The summed E-state index contributed by atoms with van der Waals surface area (Å²) < 4.78 is 27.2. The molecule has 0 saturated carbocycles. The lowest BCUT2D eigenvalue weighted by Gasteiger charge is -2.03. The summed E-state index contributed by atoms with van der Waals surface area (Å²) in [4.78, 5) is 0. The Hall–Kier alpha value is -0.840. The highest BCUT2D eigenvalue weighted by Crippen LogP contribution is 2.08. The lowest BCUT2D eigenvalue weighted by atomic mass is 10.5. The zero-order valence-corrected chi connectivity index (χ0v) is 7.84. The summed E-state index contributed by atoms with van der Waals surface area (Å²) >= 11 is 0. The van der Waals surface area contributed by atoms with Crippen LogP contribution < -0.4 is 0 Å². The fraction of sp³-hybridized carbons (Fsp3) is 0.571. The molecule has 0 radical (unpaired) electrons. The van der Waals surface area contributed by atoms with Gasteiger partial charge >= 0.3 is 0 Å². The molecule has 0 aromatic carbocycles. The highest BCUT2D eigenvalue weighted by Gasteiger charge is 2.17.